The van der Waals surface area contributed by atoms with Crippen LogP contribution in [0, 0.1) is 0 Å². The Morgan fingerprint density at radius 3 is 2.77 bits per heavy atom. The largest absolute Gasteiger partial charge is 0.443 e. The molecule has 0 saturated carbocycles. The molecule has 0 aliphatic carbocycles. The normalized spacial score (nSPS) is 12.3. The van der Waals surface area contributed by atoms with Gasteiger partial charge in [-0.05, 0) is 36.9 Å². The molecule has 2 N–H and O–H groups in total. The fourth-order valence-electron chi connectivity index (χ4n) is 3.93. The van der Waals surface area contributed by atoms with Gasteiger partial charge in [-0.25, -0.2) is 0 Å². The Morgan fingerprint density at radius 2 is 2.06 bits per heavy atom. The highest BCUT2D eigenvalue weighted by molar-refractivity contribution is 6.30. The molecule has 1 aromatic carbocycles. The van der Waals surface area contributed by atoms with E-state index in [0.29, 0.717) is 47.1 Å². The lowest BCUT2D eigenvalue weighted by molar-refractivity contribution is -0.120. The fraction of sp³-hybridized carbons (Fsp3) is 0.269. The second-order valence-corrected chi connectivity index (χ2v) is 9.04. The number of carbonyl (C=O) groups excluding carboxylic acids is 1. The fourth-order valence-corrected chi connectivity index (χ4v) is 4.05. The summed E-state index contributed by atoms with van der Waals surface area (Å²) in [5.41, 5.74) is 2.25. The maximum atomic E-state index is 13.1. The molecule has 1 unspecified atom stereocenters. The highest BCUT2D eigenvalue weighted by atomic mass is 35.5. The second kappa shape index (κ2) is 10.9. The Morgan fingerprint density at radius 1 is 1.29 bits per heavy atom. The van der Waals surface area contributed by atoms with Crippen LogP contribution in [-0.2, 0) is 31.4 Å². The predicted molar refractivity (Wildman–Crippen MR) is 134 cm³/mol. The van der Waals surface area contributed by atoms with Gasteiger partial charge in [0.05, 0.1) is 24.5 Å². The summed E-state index contributed by atoms with van der Waals surface area (Å²) in [6, 6.07) is 12.5. The lowest BCUT2D eigenvalue weighted by Gasteiger charge is -2.19. The number of halogens is 1. The average Bonchev–Trinajstić information content (AvgIpc) is 3.27. The van der Waals surface area contributed by atoms with E-state index in [-0.39, 0.29) is 17.8 Å². The summed E-state index contributed by atoms with van der Waals surface area (Å²) in [6.45, 7) is 1.13. The zero-order valence-electron chi connectivity index (χ0n) is 19.6. The van der Waals surface area contributed by atoms with Gasteiger partial charge >= 0.3 is 0 Å². The van der Waals surface area contributed by atoms with E-state index in [2.05, 4.69) is 10.3 Å². The molecule has 4 aromatic rings. The number of fused-ring (bicyclic) bond motifs is 1. The van der Waals surface area contributed by atoms with Crippen LogP contribution < -0.4 is 10.7 Å². The lowest BCUT2D eigenvalue weighted by Crippen LogP contribution is -2.27. The molecule has 0 aliphatic heterocycles. The van der Waals surface area contributed by atoms with Crippen LogP contribution in [0.15, 0.2) is 70.3 Å². The van der Waals surface area contributed by atoms with Crippen LogP contribution in [0.3, 0.4) is 0 Å². The van der Waals surface area contributed by atoms with Crippen molar-refractivity contribution in [3.8, 4) is 0 Å². The van der Waals surface area contributed by atoms with Crippen molar-refractivity contribution in [1.82, 2.24) is 19.8 Å². The number of hydrogen-bond donors (Lipinski definition) is 2. The van der Waals surface area contributed by atoms with E-state index < -0.39 is 6.10 Å². The number of likely N-dealkylation sites (N-methyl/N-ethyl adjacent to an activating group) is 1. The molecule has 0 bridgehead atoms. The van der Waals surface area contributed by atoms with Crippen molar-refractivity contribution in [3.05, 3.63) is 98.8 Å². The summed E-state index contributed by atoms with van der Waals surface area (Å²) in [4.78, 5) is 31.5. The first kappa shape index (κ1) is 24.7. The molecule has 0 radical (unpaired) electrons. The first-order valence-electron chi connectivity index (χ1n) is 11.2. The van der Waals surface area contributed by atoms with Crippen molar-refractivity contribution in [1.29, 1.82) is 0 Å². The number of nitrogens with one attached hydrogen (secondary N) is 1. The van der Waals surface area contributed by atoms with Gasteiger partial charge in [-0.3, -0.25) is 19.5 Å². The van der Waals surface area contributed by atoms with Crippen molar-refractivity contribution in [3.63, 3.8) is 0 Å². The zero-order chi connectivity index (χ0) is 24.9. The summed E-state index contributed by atoms with van der Waals surface area (Å²) in [5.74, 6) is 0.349. The van der Waals surface area contributed by atoms with Crippen LogP contribution in [0.2, 0.25) is 5.02 Å². The second-order valence-electron chi connectivity index (χ2n) is 8.60. The van der Waals surface area contributed by atoms with Crippen molar-refractivity contribution in [2.45, 2.75) is 25.6 Å². The number of aliphatic hydroxyl groups excluding tert-OH is 1. The number of benzene rings is 1. The summed E-state index contributed by atoms with van der Waals surface area (Å²) in [6.07, 6.45) is 4.20. The van der Waals surface area contributed by atoms with Gasteiger partial charge in [-0.2, -0.15) is 0 Å². The lowest BCUT2D eigenvalue weighted by atomic mass is 10.1. The highest BCUT2D eigenvalue weighted by Gasteiger charge is 2.17. The molecule has 35 heavy (non-hydrogen) atoms. The van der Waals surface area contributed by atoms with Crippen molar-refractivity contribution in [2.75, 3.05) is 13.6 Å². The number of rotatable bonds is 9. The van der Waals surface area contributed by atoms with Crippen molar-refractivity contribution >= 4 is 28.6 Å². The molecule has 0 aliphatic rings. The molecule has 3 heterocycles. The number of aromatic nitrogens is 2. The summed E-state index contributed by atoms with van der Waals surface area (Å²) in [5, 5.41) is 14.3. The summed E-state index contributed by atoms with van der Waals surface area (Å²) >= 11 is 5.89. The molecular formula is C26H27ClN4O4. The monoisotopic (exact) mass is 494 g/mol. The number of aryl methyl sites for hydroxylation is 1. The van der Waals surface area contributed by atoms with Crippen LogP contribution in [-0.4, -0.2) is 39.1 Å². The van der Waals surface area contributed by atoms with Crippen LogP contribution in [0.4, 0.5) is 0 Å². The van der Waals surface area contributed by atoms with Gasteiger partial charge in [-0.15, -0.1) is 0 Å². The third kappa shape index (κ3) is 6.16. The van der Waals surface area contributed by atoms with Gasteiger partial charge in [-0.1, -0.05) is 29.8 Å². The molecular weight excluding hydrogens is 468 g/mol. The smallest absolute Gasteiger partial charge is 0.224 e. The van der Waals surface area contributed by atoms with Gasteiger partial charge in [0, 0.05) is 54.9 Å². The van der Waals surface area contributed by atoms with Gasteiger partial charge in [0.25, 0.3) is 0 Å². The summed E-state index contributed by atoms with van der Waals surface area (Å²) in [7, 11) is 3.64. The van der Waals surface area contributed by atoms with Crippen LogP contribution >= 0.6 is 11.6 Å². The molecule has 182 valence electrons. The Hall–Kier alpha value is -3.46. The van der Waals surface area contributed by atoms with E-state index in [4.69, 9.17) is 16.0 Å². The maximum absolute atomic E-state index is 13.1. The van der Waals surface area contributed by atoms with Crippen LogP contribution in [0.5, 0.6) is 0 Å². The van der Waals surface area contributed by atoms with Crippen molar-refractivity contribution in [2.24, 2.45) is 7.05 Å². The van der Waals surface area contributed by atoms with E-state index in [9.17, 15) is 14.7 Å². The van der Waals surface area contributed by atoms with E-state index >= 15 is 0 Å². The van der Waals surface area contributed by atoms with Crippen molar-refractivity contribution < 1.29 is 14.3 Å². The van der Waals surface area contributed by atoms with Gasteiger partial charge < -0.3 is 19.4 Å². The predicted octanol–water partition coefficient (Wildman–Crippen LogP) is 3.20. The first-order chi connectivity index (χ1) is 16.8. The molecule has 0 spiro atoms. The SMILES string of the molecule is CN(Cc1cc2c(=O)c(CC(=O)NCc3ccc(Cl)cc3)cn(C)c2o1)CC(O)c1cccnc1. The standard InChI is InChI=1S/C26H27ClN4O4/c1-30(16-23(32)18-4-3-9-28-13-18)15-21-11-22-25(34)19(14-31(2)26(22)35-21)10-24(33)29-12-17-5-7-20(27)8-6-17/h3-9,11,13-14,23,32H,10,12,15-16H2,1-2H3,(H,29,33). The van der Waals surface area contributed by atoms with Crippen LogP contribution in [0.25, 0.3) is 11.1 Å². The Labute approximate surface area is 207 Å². The molecule has 1 amide bonds. The molecule has 8 nitrogen and oxygen atoms in total. The average molecular weight is 495 g/mol. The van der Waals surface area contributed by atoms with Gasteiger partial charge in [0.15, 0.2) is 5.43 Å². The number of carbonyl (C=O) groups is 1. The maximum Gasteiger partial charge on any atom is 0.224 e. The Balaban J connectivity index is 1.43. The minimum atomic E-state index is -0.692. The quantitative estimate of drug-likeness (QED) is 0.370. The number of nitrogens with zero attached hydrogens (tertiary/aromatic N) is 3. The number of pyridine rings is 2. The zero-order valence-corrected chi connectivity index (χ0v) is 20.3. The topological polar surface area (TPSA) is 101 Å². The Kier molecular flexibility index (Phi) is 7.65. The van der Waals surface area contributed by atoms with E-state index in [0.717, 1.165) is 11.1 Å². The van der Waals surface area contributed by atoms with E-state index in [1.165, 1.54) is 0 Å². The Bertz CT molecular complexity index is 1370. The van der Waals surface area contributed by atoms with E-state index in [1.807, 2.05) is 30.1 Å². The number of amides is 1. The molecule has 4 rings (SSSR count). The molecule has 1 atom stereocenters. The number of furan rings is 1. The van der Waals surface area contributed by atoms with Crippen LogP contribution in [0.1, 0.15) is 28.6 Å². The highest BCUT2D eigenvalue weighted by Crippen LogP contribution is 2.20. The first-order valence-corrected chi connectivity index (χ1v) is 11.6. The molecule has 0 saturated heterocycles. The van der Waals surface area contributed by atoms with Gasteiger partial charge in [0.1, 0.15) is 5.76 Å². The number of aliphatic hydroxyl groups is 1. The molecule has 3 aromatic heterocycles. The minimum absolute atomic E-state index is 0.0338. The number of hydrogen-bond acceptors (Lipinski definition) is 6. The van der Waals surface area contributed by atoms with Gasteiger partial charge in [0.2, 0.25) is 11.6 Å². The molecule has 0 fully saturated rings. The third-order valence-electron chi connectivity index (χ3n) is 5.70. The van der Waals surface area contributed by atoms with E-state index in [1.54, 1.807) is 54.5 Å². The molecule has 9 heteroatoms. The third-order valence-corrected chi connectivity index (χ3v) is 5.96. The summed E-state index contributed by atoms with van der Waals surface area (Å²) < 4.78 is 7.64. The minimum Gasteiger partial charge on any atom is -0.443 e.